The number of rotatable bonds is 8. The second-order valence-electron chi connectivity index (χ2n) is 3.75. The van der Waals surface area contributed by atoms with Crippen LogP contribution in [0.3, 0.4) is 0 Å². The van der Waals surface area contributed by atoms with Crippen LogP contribution in [0.2, 0.25) is 0 Å². The molecule has 1 atom stereocenters. The van der Waals surface area contributed by atoms with Crippen molar-refractivity contribution in [3.63, 3.8) is 0 Å². The molecule has 0 aliphatic heterocycles. The minimum absolute atomic E-state index is 0.0488. The summed E-state index contributed by atoms with van der Waals surface area (Å²) in [4.78, 5) is 11.2. The van der Waals surface area contributed by atoms with Crippen LogP contribution in [0.1, 0.15) is 26.7 Å². The van der Waals surface area contributed by atoms with Crippen molar-refractivity contribution in [1.29, 1.82) is 0 Å². The summed E-state index contributed by atoms with van der Waals surface area (Å²) in [5.74, 6) is -0.577. The van der Waals surface area contributed by atoms with Crippen LogP contribution in [-0.4, -0.2) is 37.7 Å². The van der Waals surface area contributed by atoms with Gasteiger partial charge in [-0.1, -0.05) is 19.1 Å². The van der Waals surface area contributed by atoms with Crippen LogP contribution < -0.4 is 15.8 Å². The summed E-state index contributed by atoms with van der Waals surface area (Å²) in [5.41, 5.74) is 5.13. The Labute approximate surface area is 107 Å². The quantitative estimate of drug-likeness (QED) is 0.521. The minimum Gasteiger partial charge on any atom is -0.392 e. The number of nitrogens with one attached hydrogen (secondary N) is 2. The topological polar surface area (TPSA) is 101 Å². The first-order chi connectivity index (χ1) is 7.76. The van der Waals surface area contributed by atoms with Crippen molar-refractivity contribution in [3.8, 4) is 0 Å². The maximum absolute atomic E-state index is 11.3. The fraction of sp³-hybridized carbons (Fsp3) is 0.778. The van der Waals surface area contributed by atoms with Crippen LogP contribution in [0.4, 0.5) is 0 Å². The fourth-order valence-electron chi connectivity index (χ4n) is 1.01. The Hall–Kier alpha value is -0.730. The van der Waals surface area contributed by atoms with E-state index in [9.17, 15) is 13.2 Å². The van der Waals surface area contributed by atoms with Crippen molar-refractivity contribution in [1.82, 2.24) is 10.0 Å². The molecule has 0 aromatic rings. The van der Waals surface area contributed by atoms with Gasteiger partial charge in [-0.15, -0.1) is 0 Å². The molecule has 0 saturated heterocycles. The lowest BCUT2D eigenvalue weighted by Gasteiger charge is -2.11. The van der Waals surface area contributed by atoms with Crippen molar-refractivity contribution in [3.05, 3.63) is 0 Å². The van der Waals surface area contributed by atoms with Crippen molar-refractivity contribution < 1.29 is 13.2 Å². The van der Waals surface area contributed by atoms with Gasteiger partial charge in [0.2, 0.25) is 15.9 Å². The SMILES string of the molecule is CCC(C)NC(=O)CCNS(=O)(=O)CC(N)=S. The summed E-state index contributed by atoms with van der Waals surface area (Å²) in [6, 6.07) is 0.0933. The molecule has 0 bridgehead atoms. The first-order valence-corrected chi connectivity index (χ1v) is 7.38. The molecular formula is C9H19N3O3S2. The lowest BCUT2D eigenvalue weighted by atomic mass is 10.2. The lowest BCUT2D eigenvalue weighted by molar-refractivity contribution is -0.121. The Morgan fingerprint density at radius 2 is 2.06 bits per heavy atom. The zero-order chi connectivity index (χ0) is 13.5. The zero-order valence-electron chi connectivity index (χ0n) is 10.0. The standard InChI is InChI=1S/C9H19N3O3S2/c1-3-7(2)12-9(13)4-5-11-17(14,15)6-8(10)16/h7,11H,3-6H2,1-2H3,(H2,10,16)(H,12,13). The first kappa shape index (κ1) is 16.3. The average Bonchev–Trinajstić information content (AvgIpc) is 2.14. The number of hydrogen-bond donors (Lipinski definition) is 3. The molecule has 0 heterocycles. The second-order valence-corrected chi connectivity index (χ2v) is 6.08. The van der Waals surface area contributed by atoms with Gasteiger partial charge in [-0.05, 0) is 13.3 Å². The van der Waals surface area contributed by atoms with Gasteiger partial charge < -0.3 is 11.1 Å². The molecule has 0 fully saturated rings. The van der Waals surface area contributed by atoms with Gasteiger partial charge in [0, 0.05) is 19.0 Å². The molecule has 0 aliphatic carbocycles. The molecule has 17 heavy (non-hydrogen) atoms. The van der Waals surface area contributed by atoms with Crippen LogP contribution in [0.25, 0.3) is 0 Å². The van der Waals surface area contributed by atoms with Crippen LogP contribution in [0, 0.1) is 0 Å². The number of hydrogen-bond acceptors (Lipinski definition) is 4. The van der Waals surface area contributed by atoms with Crippen LogP contribution in [0.15, 0.2) is 0 Å². The number of carbonyl (C=O) groups excluding carboxylic acids is 1. The van der Waals surface area contributed by atoms with E-state index in [1.54, 1.807) is 0 Å². The molecule has 0 aliphatic rings. The second kappa shape index (κ2) is 7.57. The third-order valence-corrected chi connectivity index (χ3v) is 3.69. The van der Waals surface area contributed by atoms with Crippen LogP contribution >= 0.6 is 12.2 Å². The Morgan fingerprint density at radius 1 is 1.47 bits per heavy atom. The van der Waals surface area contributed by atoms with Gasteiger partial charge in [0.25, 0.3) is 0 Å². The van der Waals surface area contributed by atoms with E-state index in [1.807, 2.05) is 13.8 Å². The van der Waals surface area contributed by atoms with Crippen molar-refractivity contribution >= 4 is 33.1 Å². The summed E-state index contributed by atoms with van der Waals surface area (Å²) >= 11 is 4.50. The molecular weight excluding hydrogens is 262 g/mol. The molecule has 0 rings (SSSR count). The summed E-state index contributed by atoms with van der Waals surface area (Å²) in [7, 11) is -3.51. The first-order valence-electron chi connectivity index (χ1n) is 5.32. The van der Waals surface area contributed by atoms with Gasteiger partial charge in [-0.2, -0.15) is 0 Å². The number of amides is 1. The van der Waals surface area contributed by atoms with E-state index in [4.69, 9.17) is 5.73 Å². The van der Waals surface area contributed by atoms with Gasteiger partial charge in [0.1, 0.15) is 5.75 Å². The van der Waals surface area contributed by atoms with E-state index in [0.717, 1.165) is 6.42 Å². The van der Waals surface area contributed by atoms with E-state index in [1.165, 1.54) is 0 Å². The van der Waals surface area contributed by atoms with E-state index in [-0.39, 0.29) is 29.9 Å². The highest BCUT2D eigenvalue weighted by Gasteiger charge is 2.12. The number of sulfonamides is 1. The highest BCUT2D eigenvalue weighted by atomic mass is 32.2. The Kier molecular flexibility index (Phi) is 7.24. The zero-order valence-corrected chi connectivity index (χ0v) is 11.7. The molecule has 0 radical (unpaired) electrons. The minimum atomic E-state index is -3.51. The summed E-state index contributed by atoms with van der Waals surface area (Å²) in [6.45, 7) is 3.89. The Bertz CT molecular complexity index is 368. The van der Waals surface area contributed by atoms with Gasteiger partial charge in [-0.3, -0.25) is 4.79 Å². The summed E-state index contributed by atoms with van der Waals surface area (Å²) in [6.07, 6.45) is 0.930. The van der Waals surface area contributed by atoms with Gasteiger partial charge in [-0.25, -0.2) is 13.1 Å². The maximum Gasteiger partial charge on any atom is 0.221 e. The normalized spacial score (nSPS) is 13.1. The molecule has 1 amide bonds. The van der Waals surface area contributed by atoms with Crippen molar-refractivity contribution in [2.75, 3.05) is 12.3 Å². The third-order valence-electron chi connectivity index (χ3n) is 2.03. The van der Waals surface area contributed by atoms with Gasteiger partial charge in [0.15, 0.2) is 0 Å². The molecule has 4 N–H and O–H groups in total. The Morgan fingerprint density at radius 3 is 2.53 bits per heavy atom. The molecule has 0 saturated carbocycles. The van der Waals surface area contributed by atoms with Crippen molar-refractivity contribution in [2.45, 2.75) is 32.7 Å². The van der Waals surface area contributed by atoms with Gasteiger partial charge >= 0.3 is 0 Å². The molecule has 1 unspecified atom stereocenters. The molecule has 8 heteroatoms. The Balaban J connectivity index is 3.91. The van der Waals surface area contributed by atoms with E-state index >= 15 is 0 Å². The predicted molar refractivity (Wildman–Crippen MR) is 71.1 cm³/mol. The summed E-state index contributed by atoms with van der Waals surface area (Å²) < 4.78 is 24.8. The molecule has 0 aromatic carbocycles. The number of thiocarbonyl (C=S) groups is 1. The predicted octanol–water partition coefficient (Wildman–Crippen LogP) is -0.503. The van der Waals surface area contributed by atoms with Gasteiger partial charge in [0.05, 0.1) is 4.99 Å². The molecule has 100 valence electrons. The average molecular weight is 281 g/mol. The van der Waals surface area contributed by atoms with Crippen LogP contribution in [0.5, 0.6) is 0 Å². The molecule has 0 spiro atoms. The highest BCUT2D eigenvalue weighted by Crippen LogP contribution is 1.90. The monoisotopic (exact) mass is 281 g/mol. The molecule has 0 aromatic heterocycles. The largest absolute Gasteiger partial charge is 0.392 e. The fourth-order valence-corrected chi connectivity index (χ4v) is 2.36. The van der Waals surface area contributed by atoms with Crippen molar-refractivity contribution in [2.24, 2.45) is 5.73 Å². The number of carbonyl (C=O) groups is 1. The van der Waals surface area contributed by atoms with E-state index in [2.05, 4.69) is 22.3 Å². The highest BCUT2D eigenvalue weighted by molar-refractivity contribution is 7.92. The van der Waals surface area contributed by atoms with E-state index in [0.29, 0.717) is 0 Å². The van der Waals surface area contributed by atoms with Crippen LogP contribution in [-0.2, 0) is 14.8 Å². The third kappa shape index (κ3) is 9.02. The maximum atomic E-state index is 11.3. The van der Waals surface area contributed by atoms with E-state index < -0.39 is 15.8 Å². The lowest BCUT2D eigenvalue weighted by Crippen LogP contribution is -2.37. The number of nitrogens with two attached hydrogens (primary N) is 1. The summed E-state index contributed by atoms with van der Waals surface area (Å²) in [5, 5.41) is 2.73. The molecule has 6 nitrogen and oxygen atoms in total. The smallest absolute Gasteiger partial charge is 0.221 e.